The van der Waals surface area contributed by atoms with Crippen molar-refractivity contribution in [2.45, 2.75) is 12.5 Å². The van der Waals surface area contributed by atoms with Gasteiger partial charge in [0.2, 0.25) is 0 Å². The zero-order valence-electron chi connectivity index (χ0n) is 7.71. The summed E-state index contributed by atoms with van der Waals surface area (Å²) in [6.45, 7) is 1.98. The Labute approximate surface area is 80.9 Å². The maximum atomic E-state index is 13.4. The van der Waals surface area contributed by atoms with Crippen LogP contribution in [-0.4, -0.2) is 12.6 Å². The van der Waals surface area contributed by atoms with Crippen LogP contribution in [0.25, 0.3) is 0 Å². The lowest BCUT2D eigenvalue weighted by atomic mass is 9.96. The van der Waals surface area contributed by atoms with E-state index in [4.69, 9.17) is 4.74 Å². The van der Waals surface area contributed by atoms with E-state index in [9.17, 15) is 9.18 Å². The standard InChI is InChI=1S/C10H10FNO2/c1-10(6-12-9(13)14-10)7-4-2-3-5-8(7)11/h2-5H,6H2,1H3,(H,12,13). The first-order valence-electron chi connectivity index (χ1n) is 4.34. The van der Waals surface area contributed by atoms with E-state index in [2.05, 4.69) is 5.32 Å². The van der Waals surface area contributed by atoms with Crippen LogP contribution in [0.5, 0.6) is 0 Å². The molecule has 4 heteroatoms. The van der Waals surface area contributed by atoms with E-state index < -0.39 is 11.7 Å². The molecule has 1 aromatic carbocycles. The van der Waals surface area contributed by atoms with Crippen LogP contribution in [0, 0.1) is 5.82 Å². The van der Waals surface area contributed by atoms with Gasteiger partial charge in [-0.2, -0.15) is 0 Å². The van der Waals surface area contributed by atoms with Gasteiger partial charge in [-0.05, 0) is 13.0 Å². The molecule has 1 aliphatic rings. The molecule has 1 aliphatic heterocycles. The minimum atomic E-state index is -0.886. The molecule has 1 atom stereocenters. The Bertz CT molecular complexity index is 380. The zero-order valence-corrected chi connectivity index (χ0v) is 7.71. The lowest BCUT2D eigenvalue weighted by Crippen LogP contribution is -2.27. The Balaban J connectivity index is 2.40. The van der Waals surface area contributed by atoms with Crippen molar-refractivity contribution in [1.29, 1.82) is 0 Å². The smallest absolute Gasteiger partial charge is 0.408 e. The first kappa shape index (κ1) is 8.99. The van der Waals surface area contributed by atoms with Crippen molar-refractivity contribution in [2.75, 3.05) is 6.54 Å². The number of rotatable bonds is 1. The third-order valence-corrected chi connectivity index (χ3v) is 2.33. The van der Waals surface area contributed by atoms with Crippen LogP contribution in [-0.2, 0) is 10.3 Å². The molecule has 0 aromatic heterocycles. The van der Waals surface area contributed by atoms with E-state index in [1.807, 2.05) is 0 Å². The second-order valence-corrected chi connectivity index (χ2v) is 3.45. The quantitative estimate of drug-likeness (QED) is 0.741. The van der Waals surface area contributed by atoms with Crippen molar-refractivity contribution in [3.8, 4) is 0 Å². The van der Waals surface area contributed by atoms with Crippen LogP contribution in [0.3, 0.4) is 0 Å². The van der Waals surface area contributed by atoms with Crippen LogP contribution in [0.4, 0.5) is 9.18 Å². The SMILES string of the molecule is CC1(c2ccccc2F)CNC(=O)O1. The molecule has 0 spiro atoms. The Morgan fingerprint density at radius 3 is 2.79 bits per heavy atom. The molecule has 14 heavy (non-hydrogen) atoms. The molecule has 2 rings (SSSR count). The molecule has 1 N–H and O–H groups in total. The fourth-order valence-electron chi connectivity index (χ4n) is 1.56. The summed E-state index contributed by atoms with van der Waals surface area (Å²) in [6.07, 6.45) is -0.504. The van der Waals surface area contributed by atoms with Gasteiger partial charge < -0.3 is 10.1 Å². The summed E-state index contributed by atoms with van der Waals surface area (Å²) >= 11 is 0. The Morgan fingerprint density at radius 2 is 2.21 bits per heavy atom. The first-order chi connectivity index (χ1) is 6.62. The molecule has 0 bridgehead atoms. The van der Waals surface area contributed by atoms with Gasteiger partial charge in [-0.3, -0.25) is 0 Å². The van der Waals surface area contributed by atoms with Crippen LogP contribution >= 0.6 is 0 Å². The van der Waals surface area contributed by atoms with E-state index in [1.54, 1.807) is 25.1 Å². The minimum absolute atomic E-state index is 0.298. The van der Waals surface area contributed by atoms with Gasteiger partial charge in [0.1, 0.15) is 5.82 Å². The average Bonchev–Trinajstić information content (AvgIpc) is 2.48. The molecule has 1 aromatic rings. The number of nitrogens with one attached hydrogen (secondary N) is 1. The third kappa shape index (κ3) is 1.32. The highest BCUT2D eigenvalue weighted by Gasteiger charge is 2.39. The van der Waals surface area contributed by atoms with Crippen molar-refractivity contribution < 1.29 is 13.9 Å². The number of carbonyl (C=O) groups excluding carboxylic acids is 1. The van der Waals surface area contributed by atoms with E-state index >= 15 is 0 Å². The topological polar surface area (TPSA) is 38.3 Å². The highest BCUT2D eigenvalue weighted by atomic mass is 19.1. The molecular formula is C10H10FNO2. The van der Waals surface area contributed by atoms with Crippen molar-refractivity contribution >= 4 is 6.09 Å². The summed E-state index contributed by atoms with van der Waals surface area (Å²) < 4.78 is 18.4. The lowest BCUT2D eigenvalue weighted by molar-refractivity contribution is 0.0675. The van der Waals surface area contributed by atoms with Gasteiger partial charge in [0, 0.05) is 5.56 Å². The number of amides is 1. The molecule has 1 amide bonds. The minimum Gasteiger partial charge on any atom is -0.436 e. The number of carbonyl (C=O) groups is 1. The molecule has 0 aliphatic carbocycles. The molecule has 3 nitrogen and oxygen atoms in total. The summed E-state index contributed by atoms with van der Waals surface area (Å²) in [5.41, 5.74) is -0.485. The Morgan fingerprint density at radius 1 is 1.50 bits per heavy atom. The van der Waals surface area contributed by atoms with Crippen LogP contribution in [0.1, 0.15) is 12.5 Å². The van der Waals surface area contributed by atoms with E-state index in [1.165, 1.54) is 6.07 Å². The van der Waals surface area contributed by atoms with Gasteiger partial charge in [0.15, 0.2) is 5.60 Å². The number of alkyl carbamates (subject to hydrolysis) is 1. The molecule has 74 valence electrons. The van der Waals surface area contributed by atoms with Gasteiger partial charge in [0.05, 0.1) is 6.54 Å². The number of hydrogen-bond donors (Lipinski definition) is 1. The monoisotopic (exact) mass is 195 g/mol. The molecule has 1 unspecified atom stereocenters. The summed E-state index contributed by atoms with van der Waals surface area (Å²) in [4.78, 5) is 10.9. The second-order valence-electron chi connectivity index (χ2n) is 3.45. The fraction of sp³-hybridized carbons (Fsp3) is 0.300. The maximum Gasteiger partial charge on any atom is 0.408 e. The molecule has 0 radical (unpaired) electrons. The molecular weight excluding hydrogens is 185 g/mol. The average molecular weight is 195 g/mol. The van der Waals surface area contributed by atoms with Gasteiger partial charge >= 0.3 is 6.09 Å². The molecule has 0 saturated carbocycles. The summed E-state index contributed by atoms with van der Waals surface area (Å²) in [5, 5.41) is 2.51. The van der Waals surface area contributed by atoms with Crippen LogP contribution in [0.2, 0.25) is 0 Å². The number of cyclic esters (lactones) is 1. The van der Waals surface area contributed by atoms with Crippen molar-refractivity contribution in [2.24, 2.45) is 0 Å². The van der Waals surface area contributed by atoms with Crippen molar-refractivity contribution in [3.63, 3.8) is 0 Å². The largest absolute Gasteiger partial charge is 0.436 e. The van der Waals surface area contributed by atoms with Crippen LogP contribution in [0.15, 0.2) is 24.3 Å². The maximum absolute atomic E-state index is 13.4. The van der Waals surface area contributed by atoms with Gasteiger partial charge in [-0.1, -0.05) is 18.2 Å². The second kappa shape index (κ2) is 2.97. The van der Waals surface area contributed by atoms with Crippen molar-refractivity contribution in [3.05, 3.63) is 35.6 Å². The molecule has 1 fully saturated rings. The van der Waals surface area contributed by atoms with Crippen molar-refractivity contribution in [1.82, 2.24) is 5.32 Å². The van der Waals surface area contributed by atoms with Gasteiger partial charge in [-0.15, -0.1) is 0 Å². The fourth-order valence-corrected chi connectivity index (χ4v) is 1.56. The van der Waals surface area contributed by atoms with E-state index in [0.717, 1.165) is 0 Å². The number of benzene rings is 1. The Kier molecular flexibility index (Phi) is 1.91. The molecule has 1 saturated heterocycles. The van der Waals surface area contributed by atoms with E-state index in [0.29, 0.717) is 12.1 Å². The predicted molar refractivity (Wildman–Crippen MR) is 48.2 cm³/mol. The lowest BCUT2D eigenvalue weighted by Gasteiger charge is -2.21. The highest BCUT2D eigenvalue weighted by molar-refractivity contribution is 5.70. The van der Waals surface area contributed by atoms with Crippen LogP contribution < -0.4 is 5.32 Å². The summed E-state index contributed by atoms with van der Waals surface area (Å²) in [5.74, 6) is -0.355. The Hall–Kier alpha value is -1.58. The highest BCUT2D eigenvalue weighted by Crippen LogP contribution is 2.29. The van der Waals surface area contributed by atoms with Gasteiger partial charge in [-0.25, -0.2) is 9.18 Å². The van der Waals surface area contributed by atoms with E-state index in [-0.39, 0.29) is 5.82 Å². The summed E-state index contributed by atoms with van der Waals surface area (Å²) in [6, 6.07) is 6.30. The number of ether oxygens (including phenoxy) is 1. The van der Waals surface area contributed by atoms with Gasteiger partial charge in [0.25, 0.3) is 0 Å². The third-order valence-electron chi connectivity index (χ3n) is 2.33. The predicted octanol–water partition coefficient (Wildman–Crippen LogP) is 1.78. The molecule has 1 heterocycles. The normalized spacial score (nSPS) is 25.7. The summed E-state index contributed by atoms with van der Waals surface area (Å²) in [7, 11) is 0. The number of hydrogen-bond acceptors (Lipinski definition) is 2. The zero-order chi connectivity index (χ0) is 10.2. The first-order valence-corrected chi connectivity index (χ1v) is 4.34. The number of halogens is 1.